The van der Waals surface area contributed by atoms with Crippen LogP contribution in [0, 0.1) is 0 Å². The van der Waals surface area contributed by atoms with Crippen LogP contribution in [0.15, 0.2) is 11.8 Å². The molecule has 2 N–H and O–H groups in total. The van der Waals surface area contributed by atoms with Crippen LogP contribution >= 0.6 is 0 Å². The van der Waals surface area contributed by atoms with E-state index in [1.54, 1.807) is 6.08 Å². The van der Waals surface area contributed by atoms with Crippen LogP contribution in [0.1, 0.15) is 68.2 Å². The minimum atomic E-state index is -0.452. The van der Waals surface area contributed by atoms with E-state index in [0.717, 1.165) is 18.5 Å². The summed E-state index contributed by atoms with van der Waals surface area (Å²) in [7, 11) is 0. The van der Waals surface area contributed by atoms with Gasteiger partial charge in [0.2, 0.25) is 0 Å². The maximum atomic E-state index is 11.8. The van der Waals surface area contributed by atoms with Gasteiger partial charge in [0.05, 0.1) is 0 Å². The largest absolute Gasteiger partial charge is 0.457 e. The predicted octanol–water partition coefficient (Wildman–Crippen LogP) is 3.13. The molecule has 1 fully saturated rings. The van der Waals surface area contributed by atoms with Crippen molar-refractivity contribution in [2.75, 3.05) is 0 Å². The predicted molar refractivity (Wildman–Crippen MR) is 87.1 cm³/mol. The van der Waals surface area contributed by atoms with Crippen LogP contribution in [0.5, 0.6) is 0 Å². The fraction of sp³-hybridized carbons (Fsp3) is 0.824. The molecule has 0 amide bonds. The molecule has 0 bridgehead atoms. The molecule has 1 aliphatic heterocycles. The highest BCUT2D eigenvalue weighted by molar-refractivity contribution is 5.82. The van der Waals surface area contributed by atoms with Gasteiger partial charge in [-0.25, -0.2) is 4.79 Å². The van der Waals surface area contributed by atoms with Gasteiger partial charge < -0.3 is 15.4 Å². The zero-order valence-electron chi connectivity index (χ0n) is 14.9. The number of ether oxygens (including phenoxy) is 1. The van der Waals surface area contributed by atoms with Crippen molar-refractivity contribution in [3.63, 3.8) is 0 Å². The van der Waals surface area contributed by atoms with Gasteiger partial charge >= 0.3 is 5.97 Å². The number of hydrogen-bond acceptors (Lipinski definition) is 4. The SMILES string of the molecule is C/C(=C\C(=O)OC(C)(C)C)NC1CC(C)(C)NC(C)(C)C1. The van der Waals surface area contributed by atoms with Gasteiger partial charge in [-0.1, -0.05) is 0 Å². The second kappa shape index (κ2) is 5.99. The maximum absolute atomic E-state index is 11.8. The number of rotatable bonds is 3. The Balaban J connectivity index is 2.65. The Hall–Kier alpha value is -1.03. The summed E-state index contributed by atoms with van der Waals surface area (Å²) >= 11 is 0. The van der Waals surface area contributed by atoms with E-state index in [0.29, 0.717) is 6.04 Å². The van der Waals surface area contributed by atoms with Crippen molar-refractivity contribution >= 4 is 5.97 Å². The molecule has 0 aliphatic carbocycles. The molecule has 4 nitrogen and oxygen atoms in total. The Morgan fingerprint density at radius 2 is 1.67 bits per heavy atom. The van der Waals surface area contributed by atoms with Crippen molar-refractivity contribution in [1.29, 1.82) is 0 Å². The summed E-state index contributed by atoms with van der Waals surface area (Å²) in [5, 5.41) is 7.12. The molecule has 0 atom stereocenters. The monoisotopic (exact) mass is 296 g/mol. The first-order valence-corrected chi connectivity index (χ1v) is 7.75. The second-order valence-corrected chi connectivity index (χ2v) is 8.50. The lowest BCUT2D eigenvalue weighted by Crippen LogP contribution is -2.61. The lowest BCUT2D eigenvalue weighted by atomic mass is 9.79. The van der Waals surface area contributed by atoms with Crippen LogP contribution in [0.25, 0.3) is 0 Å². The third-order valence-corrected chi connectivity index (χ3v) is 3.36. The lowest BCUT2D eigenvalue weighted by Gasteiger charge is -2.47. The Morgan fingerprint density at radius 3 is 2.10 bits per heavy atom. The first-order valence-electron chi connectivity index (χ1n) is 7.75. The van der Waals surface area contributed by atoms with E-state index in [9.17, 15) is 4.79 Å². The average molecular weight is 296 g/mol. The summed E-state index contributed by atoms with van der Waals surface area (Å²) in [5.41, 5.74) is 0.590. The summed E-state index contributed by atoms with van der Waals surface area (Å²) in [6.45, 7) is 16.4. The minimum Gasteiger partial charge on any atom is -0.457 e. The van der Waals surface area contributed by atoms with E-state index in [2.05, 4.69) is 38.3 Å². The third kappa shape index (κ3) is 6.98. The van der Waals surface area contributed by atoms with Gasteiger partial charge in [0.25, 0.3) is 0 Å². The van der Waals surface area contributed by atoms with E-state index in [1.807, 2.05) is 27.7 Å². The molecule has 0 aromatic heterocycles. The zero-order chi connectivity index (χ0) is 16.5. The number of piperidine rings is 1. The summed E-state index contributed by atoms with van der Waals surface area (Å²) in [5.74, 6) is -0.292. The van der Waals surface area contributed by atoms with Crippen LogP contribution in [-0.4, -0.2) is 28.7 Å². The van der Waals surface area contributed by atoms with Gasteiger partial charge in [0, 0.05) is 28.9 Å². The quantitative estimate of drug-likeness (QED) is 0.620. The van der Waals surface area contributed by atoms with Gasteiger partial charge in [-0.05, 0) is 68.2 Å². The van der Waals surface area contributed by atoms with Crippen molar-refractivity contribution in [3.05, 3.63) is 11.8 Å². The van der Waals surface area contributed by atoms with Gasteiger partial charge in [0.1, 0.15) is 5.60 Å². The topological polar surface area (TPSA) is 50.4 Å². The smallest absolute Gasteiger partial charge is 0.333 e. The molecule has 122 valence electrons. The first kappa shape index (κ1) is 18.0. The number of nitrogens with one attached hydrogen (secondary N) is 2. The molecule has 4 heteroatoms. The highest BCUT2D eigenvalue weighted by Gasteiger charge is 2.37. The number of carbonyl (C=O) groups excluding carboxylic acids is 1. The number of carbonyl (C=O) groups is 1. The van der Waals surface area contributed by atoms with Crippen molar-refractivity contribution in [3.8, 4) is 0 Å². The van der Waals surface area contributed by atoms with E-state index < -0.39 is 5.60 Å². The zero-order valence-corrected chi connectivity index (χ0v) is 14.9. The maximum Gasteiger partial charge on any atom is 0.333 e. The Bertz CT molecular complexity index is 401. The Morgan fingerprint density at radius 1 is 1.19 bits per heavy atom. The first-order chi connectivity index (χ1) is 9.28. The molecule has 0 radical (unpaired) electrons. The van der Waals surface area contributed by atoms with Gasteiger partial charge in [0.15, 0.2) is 0 Å². The van der Waals surface area contributed by atoms with Crippen LogP contribution in [0.2, 0.25) is 0 Å². The highest BCUT2D eigenvalue weighted by atomic mass is 16.6. The van der Waals surface area contributed by atoms with Crippen molar-refractivity contribution in [2.24, 2.45) is 0 Å². The molecule has 0 spiro atoms. The summed E-state index contributed by atoms with van der Waals surface area (Å²) in [6.07, 6.45) is 3.60. The highest BCUT2D eigenvalue weighted by Crippen LogP contribution is 2.28. The summed E-state index contributed by atoms with van der Waals surface area (Å²) < 4.78 is 5.31. The van der Waals surface area contributed by atoms with Crippen molar-refractivity contribution in [2.45, 2.75) is 91.0 Å². The Kier molecular flexibility index (Phi) is 5.14. The van der Waals surface area contributed by atoms with E-state index in [4.69, 9.17) is 4.74 Å². The average Bonchev–Trinajstić information content (AvgIpc) is 2.06. The van der Waals surface area contributed by atoms with Crippen LogP contribution in [0.3, 0.4) is 0 Å². The normalized spacial score (nSPS) is 22.8. The fourth-order valence-electron chi connectivity index (χ4n) is 3.30. The van der Waals surface area contributed by atoms with Crippen LogP contribution < -0.4 is 10.6 Å². The summed E-state index contributed by atoms with van der Waals surface area (Å²) in [6, 6.07) is 0.356. The molecular weight excluding hydrogens is 264 g/mol. The number of allylic oxidation sites excluding steroid dienone is 1. The molecule has 1 saturated heterocycles. The molecule has 21 heavy (non-hydrogen) atoms. The van der Waals surface area contributed by atoms with E-state index >= 15 is 0 Å². The summed E-state index contributed by atoms with van der Waals surface area (Å²) in [4.78, 5) is 11.8. The van der Waals surface area contributed by atoms with Gasteiger partial charge in [-0.3, -0.25) is 0 Å². The molecule has 0 unspecified atom stereocenters. The van der Waals surface area contributed by atoms with Crippen molar-refractivity contribution < 1.29 is 9.53 Å². The van der Waals surface area contributed by atoms with Crippen molar-refractivity contribution in [1.82, 2.24) is 10.6 Å². The number of esters is 1. The van der Waals surface area contributed by atoms with Crippen LogP contribution in [-0.2, 0) is 9.53 Å². The second-order valence-electron chi connectivity index (χ2n) is 8.50. The molecule has 0 saturated carbocycles. The molecule has 1 aliphatic rings. The molecular formula is C17H32N2O2. The van der Waals surface area contributed by atoms with E-state index in [-0.39, 0.29) is 17.0 Å². The van der Waals surface area contributed by atoms with Gasteiger partial charge in [-0.15, -0.1) is 0 Å². The standard InChI is InChI=1S/C17H32N2O2/c1-12(9-14(20)21-15(2,3)4)18-13-10-16(5,6)19-17(7,8)11-13/h9,13,18-19H,10-11H2,1-8H3/b12-9+. The fourth-order valence-corrected chi connectivity index (χ4v) is 3.30. The minimum absolute atomic E-state index is 0.0889. The van der Waals surface area contributed by atoms with E-state index in [1.165, 1.54) is 0 Å². The number of hydrogen-bond donors (Lipinski definition) is 2. The third-order valence-electron chi connectivity index (χ3n) is 3.36. The van der Waals surface area contributed by atoms with Crippen LogP contribution in [0.4, 0.5) is 0 Å². The molecule has 0 aromatic carbocycles. The Labute approximate surface area is 129 Å². The molecule has 0 aromatic rings. The van der Waals surface area contributed by atoms with Gasteiger partial charge in [-0.2, -0.15) is 0 Å². The molecule has 1 heterocycles. The lowest BCUT2D eigenvalue weighted by molar-refractivity contribution is -0.148. The molecule has 1 rings (SSSR count).